The van der Waals surface area contributed by atoms with E-state index in [2.05, 4.69) is 4.99 Å². The van der Waals surface area contributed by atoms with Gasteiger partial charge in [-0.05, 0) is 0 Å². The molecule has 0 aromatic carbocycles. The molecule has 2 rings (SSSR count). The Morgan fingerprint density at radius 3 is 2.50 bits per heavy atom. The van der Waals surface area contributed by atoms with Gasteiger partial charge in [0, 0.05) is 34.0 Å². The predicted octanol–water partition coefficient (Wildman–Crippen LogP) is 0.0493. The predicted molar refractivity (Wildman–Crippen MR) is 85.3 cm³/mol. The summed E-state index contributed by atoms with van der Waals surface area (Å²) in [6.07, 6.45) is -2.23. The van der Waals surface area contributed by atoms with E-state index in [4.69, 9.17) is 23.7 Å². The van der Waals surface area contributed by atoms with E-state index in [9.17, 15) is 19.5 Å². The summed E-state index contributed by atoms with van der Waals surface area (Å²) in [4.78, 5) is 38.2. The van der Waals surface area contributed by atoms with Crippen LogP contribution in [0.3, 0.4) is 0 Å². The molecule has 0 amide bonds. The molecule has 0 aliphatic carbocycles. The molecule has 10 nitrogen and oxygen atoms in total. The number of rotatable bonds is 7. The highest BCUT2D eigenvalue weighted by Gasteiger charge is 2.48. The first-order valence-corrected chi connectivity index (χ1v) is 7.89. The number of nitrogens with zero attached hydrogens (tertiary/aromatic N) is 1. The molecule has 2 aliphatic heterocycles. The van der Waals surface area contributed by atoms with Crippen molar-refractivity contribution in [2.45, 2.75) is 51.2 Å². The van der Waals surface area contributed by atoms with Gasteiger partial charge in [-0.2, -0.15) is 0 Å². The zero-order valence-electron chi connectivity index (χ0n) is 14.8. The molecule has 2 heterocycles. The fourth-order valence-corrected chi connectivity index (χ4v) is 2.87. The van der Waals surface area contributed by atoms with Crippen molar-refractivity contribution in [3.8, 4) is 0 Å². The van der Waals surface area contributed by atoms with Gasteiger partial charge in [-0.3, -0.25) is 9.59 Å². The second-order valence-corrected chi connectivity index (χ2v) is 5.79. The first kappa shape index (κ1) is 19.7. The number of methoxy groups -OCH3 is 1. The number of hydrogen-bond acceptors (Lipinski definition) is 9. The average molecular weight is 371 g/mol. The molecule has 10 heteroatoms. The minimum Gasteiger partial charge on any atom is -0.478 e. The monoisotopic (exact) mass is 371 g/mol. The summed E-state index contributed by atoms with van der Waals surface area (Å²) >= 11 is 0. The van der Waals surface area contributed by atoms with E-state index < -0.39 is 48.4 Å². The third-order valence-corrected chi connectivity index (χ3v) is 3.83. The Hall–Kier alpha value is -2.62. The van der Waals surface area contributed by atoms with E-state index in [1.165, 1.54) is 27.0 Å². The summed E-state index contributed by atoms with van der Waals surface area (Å²) in [7, 11) is 1.35. The zero-order chi connectivity index (χ0) is 19.4. The average Bonchev–Trinajstić information content (AvgIpc) is 2.92. The molecule has 144 valence electrons. The minimum atomic E-state index is -1.28. The van der Waals surface area contributed by atoms with Crippen LogP contribution < -0.4 is 0 Å². The number of ether oxygens (including phenoxy) is 5. The fraction of sp³-hybridized carbons (Fsp3) is 0.625. The van der Waals surface area contributed by atoms with Crippen LogP contribution in [-0.2, 0) is 38.1 Å². The lowest BCUT2D eigenvalue weighted by Gasteiger charge is -2.37. The van der Waals surface area contributed by atoms with E-state index in [1.54, 1.807) is 6.92 Å². The van der Waals surface area contributed by atoms with E-state index in [-0.39, 0.29) is 12.4 Å². The number of fused-ring (bicyclic) bond motifs is 1. The number of aliphatic imine (C=N–C) groups is 1. The van der Waals surface area contributed by atoms with Gasteiger partial charge >= 0.3 is 17.9 Å². The molecule has 1 N–H and O–H groups in total. The molecule has 0 saturated heterocycles. The Morgan fingerprint density at radius 2 is 1.96 bits per heavy atom. The Morgan fingerprint density at radius 1 is 1.27 bits per heavy atom. The maximum atomic E-state index is 11.4. The van der Waals surface area contributed by atoms with Gasteiger partial charge in [0.05, 0.1) is 0 Å². The van der Waals surface area contributed by atoms with Gasteiger partial charge in [-0.15, -0.1) is 0 Å². The van der Waals surface area contributed by atoms with Crippen LogP contribution in [0, 0.1) is 0 Å². The largest absolute Gasteiger partial charge is 0.478 e. The molecule has 5 atom stereocenters. The third kappa shape index (κ3) is 4.51. The van der Waals surface area contributed by atoms with Crippen LogP contribution in [0.1, 0.15) is 20.8 Å². The van der Waals surface area contributed by atoms with Gasteiger partial charge in [-0.25, -0.2) is 9.79 Å². The molecule has 0 unspecified atom stereocenters. The standard InChI is InChI=1S/C16H21NO9/c1-7-17-13-10(24-7)5-11(16(20)21)26-15(13)14(22-4)12(25-9(3)19)6-23-8(2)18/h5,10,12-15H,6H2,1-4H3,(H,20,21)/t10-,12-,13+,14-,15-/m1/s1. The summed E-state index contributed by atoms with van der Waals surface area (Å²) in [5.41, 5.74) is 0. The summed E-state index contributed by atoms with van der Waals surface area (Å²) in [6, 6.07) is -0.599. The zero-order valence-corrected chi connectivity index (χ0v) is 14.8. The quantitative estimate of drug-likeness (QED) is 0.617. The molecule has 0 radical (unpaired) electrons. The fourth-order valence-electron chi connectivity index (χ4n) is 2.87. The van der Waals surface area contributed by atoms with E-state index in [0.29, 0.717) is 5.90 Å². The van der Waals surface area contributed by atoms with Crippen LogP contribution in [0.25, 0.3) is 0 Å². The van der Waals surface area contributed by atoms with Gasteiger partial charge in [0.2, 0.25) is 5.76 Å². The minimum absolute atomic E-state index is 0.277. The van der Waals surface area contributed by atoms with Crippen LogP contribution in [0.4, 0.5) is 0 Å². The summed E-state index contributed by atoms with van der Waals surface area (Å²) < 4.78 is 26.6. The highest BCUT2D eigenvalue weighted by Crippen LogP contribution is 2.31. The normalized spacial score (nSPS) is 26.2. The first-order valence-electron chi connectivity index (χ1n) is 7.89. The van der Waals surface area contributed by atoms with Crippen LogP contribution >= 0.6 is 0 Å². The lowest BCUT2D eigenvalue weighted by molar-refractivity contribution is -0.177. The highest BCUT2D eigenvalue weighted by atomic mass is 16.6. The maximum absolute atomic E-state index is 11.4. The maximum Gasteiger partial charge on any atom is 0.370 e. The van der Waals surface area contributed by atoms with E-state index >= 15 is 0 Å². The van der Waals surface area contributed by atoms with Crippen molar-refractivity contribution in [3.63, 3.8) is 0 Å². The molecule has 0 fully saturated rings. The number of carbonyl (C=O) groups excluding carboxylic acids is 2. The van der Waals surface area contributed by atoms with Crippen molar-refractivity contribution in [2.75, 3.05) is 13.7 Å². The van der Waals surface area contributed by atoms with Crippen LogP contribution in [0.5, 0.6) is 0 Å². The number of carboxylic acids is 1. The Balaban J connectivity index is 2.31. The molecule has 2 aliphatic rings. The van der Waals surface area contributed by atoms with Gasteiger partial charge in [0.1, 0.15) is 24.9 Å². The van der Waals surface area contributed by atoms with Gasteiger partial charge in [0.15, 0.2) is 18.1 Å². The van der Waals surface area contributed by atoms with Crippen molar-refractivity contribution in [1.29, 1.82) is 0 Å². The molecular weight excluding hydrogens is 350 g/mol. The first-order chi connectivity index (χ1) is 12.2. The number of carboxylic acid groups (broad SMARTS) is 1. The van der Waals surface area contributed by atoms with Gasteiger partial charge < -0.3 is 28.8 Å². The summed E-state index contributed by atoms with van der Waals surface area (Å²) in [5.74, 6) is -2.41. The Labute approximate surface area is 149 Å². The summed E-state index contributed by atoms with van der Waals surface area (Å²) in [6.45, 7) is 3.76. The van der Waals surface area contributed by atoms with Crippen LogP contribution in [-0.4, -0.2) is 73.1 Å². The molecule has 0 aromatic heterocycles. The number of aliphatic carboxylic acids is 1. The highest BCUT2D eigenvalue weighted by molar-refractivity contribution is 5.85. The lowest BCUT2D eigenvalue weighted by atomic mass is 9.94. The number of esters is 2. The Bertz CT molecular complexity index is 642. The SMILES string of the molecule is CO[C@@H]([C@@H]1OC(C(=O)O)=C[C@H]2OC(C)=N[C@H]12)[C@@H](COC(C)=O)OC(C)=O. The molecular formula is C16H21NO9. The van der Waals surface area contributed by atoms with Crippen molar-refractivity contribution in [2.24, 2.45) is 4.99 Å². The smallest absolute Gasteiger partial charge is 0.370 e. The van der Waals surface area contributed by atoms with Gasteiger partial charge in [-0.1, -0.05) is 0 Å². The molecule has 0 saturated carbocycles. The van der Waals surface area contributed by atoms with E-state index in [0.717, 1.165) is 0 Å². The lowest BCUT2D eigenvalue weighted by Crippen LogP contribution is -2.53. The second-order valence-electron chi connectivity index (χ2n) is 5.79. The molecule has 0 spiro atoms. The topological polar surface area (TPSA) is 130 Å². The van der Waals surface area contributed by atoms with Crippen molar-refractivity contribution < 1.29 is 43.2 Å². The van der Waals surface area contributed by atoms with Gasteiger partial charge in [0.25, 0.3) is 0 Å². The number of hydrogen-bond donors (Lipinski definition) is 1. The van der Waals surface area contributed by atoms with Crippen LogP contribution in [0.15, 0.2) is 16.8 Å². The Kier molecular flexibility index (Phi) is 6.19. The van der Waals surface area contributed by atoms with Crippen LogP contribution in [0.2, 0.25) is 0 Å². The third-order valence-electron chi connectivity index (χ3n) is 3.83. The second kappa shape index (κ2) is 8.17. The van der Waals surface area contributed by atoms with Crippen molar-refractivity contribution >= 4 is 23.8 Å². The summed E-state index contributed by atoms with van der Waals surface area (Å²) in [5, 5.41) is 9.27. The van der Waals surface area contributed by atoms with Crippen molar-refractivity contribution in [1.82, 2.24) is 0 Å². The molecule has 0 bridgehead atoms. The van der Waals surface area contributed by atoms with E-state index in [1.807, 2.05) is 0 Å². The molecule has 0 aromatic rings. The number of carbonyl (C=O) groups is 3. The van der Waals surface area contributed by atoms with Crippen molar-refractivity contribution in [3.05, 3.63) is 11.8 Å². The molecule has 26 heavy (non-hydrogen) atoms.